The summed E-state index contributed by atoms with van der Waals surface area (Å²) >= 11 is 0. The van der Waals surface area contributed by atoms with Crippen molar-refractivity contribution in [2.75, 3.05) is 11.9 Å². The number of Topliss-reactive ketones (excluding diaryl/α,β-unsaturated/α-hetero) is 1. The molecule has 2 rings (SSSR count). The Kier molecular flexibility index (Phi) is 5.72. The monoisotopic (exact) mass is 297 g/mol. The molecular formula is C18H19NO3. The highest BCUT2D eigenvalue weighted by molar-refractivity contribution is 5.95. The summed E-state index contributed by atoms with van der Waals surface area (Å²) in [5.74, 6) is 0.583. The molecule has 4 heteroatoms. The fraction of sp³-hybridized carbons (Fsp3) is 0.222. The molecule has 1 amide bonds. The predicted molar refractivity (Wildman–Crippen MR) is 86.2 cm³/mol. The van der Waals surface area contributed by atoms with Crippen LogP contribution in [0.2, 0.25) is 0 Å². The molecule has 0 aliphatic heterocycles. The second-order valence-corrected chi connectivity index (χ2v) is 4.92. The van der Waals surface area contributed by atoms with Gasteiger partial charge in [0, 0.05) is 18.9 Å². The van der Waals surface area contributed by atoms with Crippen LogP contribution in [0, 0.1) is 0 Å². The summed E-state index contributed by atoms with van der Waals surface area (Å²) in [7, 11) is 0. The first-order valence-electron chi connectivity index (χ1n) is 7.24. The Hall–Kier alpha value is -2.62. The minimum absolute atomic E-state index is 0.111. The molecule has 22 heavy (non-hydrogen) atoms. The van der Waals surface area contributed by atoms with Gasteiger partial charge in [0.1, 0.15) is 5.75 Å². The Labute approximate surface area is 130 Å². The van der Waals surface area contributed by atoms with Gasteiger partial charge < -0.3 is 10.1 Å². The molecule has 0 spiro atoms. The molecule has 0 aliphatic rings. The minimum Gasteiger partial charge on any atom is -0.491 e. The molecule has 4 nitrogen and oxygen atoms in total. The van der Waals surface area contributed by atoms with Gasteiger partial charge in [0.15, 0.2) is 5.78 Å². The van der Waals surface area contributed by atoms with Crippen molar-refractivity contribution in [2.45, 2.75) is 19.8 Å². The SMILES string of the molecule is CC(=O)Nc1ccccc1OCCCC(=O)c1ccccc1. The number of ether oxygens (including phenoxy) is 1. The van der Waals surface area contributed by atoms with E-state index in [0.29, 0.717) is 30.9 Å². The maximum atomic E-state index is 12.0. The van der Waals surface area contributed by atoms with Crippen molar-refractivity contribution in [1.82, 2.24) is 0 Å². The van der Waals surface area contributed by atoms with Gasteiger partial charge in [-0.3, -0.25) is 9.59 Å². The molecule has 0 unspecified atom stereocenters. The van der Waals surface area contributed by atoms with Crippen LogP contribution in [-0.2, 0) is 4.79 Å². The van der Waals surface area contributed by atoms with E-state index in [1.807, 2.05) is 42.5 Å². The number of hydrogen-bond acceptors (Lipinski definition) is 3. The minimum atomic E-state index is -0.143. The number of hydrogen-bond donors (Lipinski definition) is 1. The molecule has 2 aromatic rings. The van der Waals surface area contributed by atoms with Crippen molar-refractivity contribution >= 4 is 17.4 Å². The number of nitrogens with one attached hydrogen (secondary N) is 1. The van der Waals surface area contributed by atoms with Crippen LogP contribution in [0.3, 0.4) is 0 Å². The molecule has 0 bridgehead atoms. The van der Waals surface area contributed by atoms with Gasteiger partial charge in [-0.2, -0.15) is 0 Å². The molecule has 0 heterocycles. The first-order chi connectivity index (χ1) is 10.7. The van der Waals surface area contributed by atoms with Crippen molar-refractivity contribution in [3.05, 3.63) is 60.2 Å². The van der Waals surface area contributed by atoms with Crippen LogP contribution >= 0.6 is 0 Å². The van der Waals surface area contributed by atoms with Gasteiger partial charge in [-0.15, -0.1) is 0 Å². The lowest BCUT2D eigenvalue weighted by atomic mass is 10.1. The molecule has 0 atom stereocenters. The van der Waals surface area contributed by atoms with Crippen LogP contribution in [0.4, 0.5) is 5.69 Å². The number of amides is 1. The van der Waals surface area contributed by atoms with Gasteiger partial charge in [0.2, 0.25) is 5.91 Å². The second kappa shape index (κ2) is 7.98. The van der Waals surface area contributed by atoms with Gasteiger partial charge in [-0.25, -0.2) is 0 Å². The average molecular weight is 297 g/mol. The van der Waals surface area contributed by atoms with E-state index in [2.05, 4.69) is 5.32 Å². The van der Waals surface area contributed by atoms with Crippen LogP contribution < -0.4 is 10.1 Å². The van der Waals surface area contributed by atoms with E-state index < -0.39 is 0 Å². The standard InChI is InChI=1S/C18H19NO3/c1-14(20)19-16-10-5-6-12-18(16)22-13-7-11-17(21)15-8-3-2-4-9-15/h2-6,8-10,12H,7,11,13H2,1H3,(H,19,20). The largest absolute Gasteiger partial charge is 0.491 e. The maximum Gasteiger partial charge on any atom is 0.221 e. The number of anilines is 1. The van der Waals surface area contributed by atoms with Crippen molar-refractivity contribution in [3.8, 4) is 5.75 Å². The summed E-state index contributed by atoms with van der Waals surface area (Å²) < 4.78 is 5.66. The fourth-order valence-electron chi connectivity index (χ4n) is 2.07. The number of carbonyl (C=O) groups excluding carboxylic acids is 2. The summed E-state index contributed by atoms with van der Waals surface area (Å²) in [5.41, 5.74) is 1.37. The fourth-order valence-corrected chi connectivity index (χ4v) is 2.07. The number of para-hydroxylation sites is 2. The third kappa shape index (κ3) is 4.74. The highest BCUT2D eigenvalue weighted by atomic mass is 16.5. The lowest BCUT2D eigenvalue weighted by Gasteiger charge is -2.11. The molecule has 0 aliphatic carbocycles. The number of ketones is 1. The van der Waals surface area contributed by atoms with E-state index in [1.54, 1.807) is 12.1 Å². The molecule has 2 aromatic carbocycles. The number of benzene rings is 2. The summed E-state index contributed by atoms with van der Waals surface area (Å²) in [6.45, 7) is 1.88. The molecular weight excluding hydrogens is 278 g/mol. The van der Waals surface area contributed by atoms with E-state index in [0.717, 1.165) is 5.56 Å². The van der Waals surface area contributed by atoms with Crippen molar-refractivity contribution in [1.29, 1.82) is 0 Å². The van der Waals surface area contributed by atoms with E-state index >= 15 is 0 Å². The zero-order valence-corrected chi connectivity index (χ0v) is 12.5. The summed E-state index contributed by atoms with van der Waals surface area (Å²) in [6.07, 6.45) is 1.06. The third-order valence-corrected chi connectivity index (χ3v) is 3.10. The average Bonchev–Trinajstić information content (AvgIpc) is 2.53. The van der Waals surface area contributed by atoms with Crippen molar-refractivity contribution < 1.29 is 14.3 Å². The topological polar surface area (TPSA) is 55.4 Å². The van der Waals surface area contributed by atoms with Crippen LogP contribution in [0.15, 0.2) is 54.6 Å². The van der Waals surface area contributed by atoms with E-state index in [9.17, 15) is 9.59 Å². The maximum absolute atomic E-state index is 12.0. The smallest absolute Gasteiger partial charge is 0.221 e. The molecule has 1 N–H and O–H groups in total. The van der Waals surface area contributed by atoms with Gasteiger partial charge in [0.25, 0.3) is 0 Å². The zero-order chi connectivity index (χ0) is 15.8. The van der Waals surface area contributed by atoms with Gasteiger partial charge >= 0.3 is 0 Å². The highest BCUT2D eigenvalue weighted by Crippen LogP contribution is 2.23. The van der Waals surface area contributed by atoms with Gasteiger partial charge in [0.05, 0.1) is 12.3 Å². The van der Waals surface area contributed by atoms with Gasteiger partial charge in [-0.05, 0) is 18.6 Å². The Balaban J connectivity index is 1.82. The quantitative estimate of drug-likeness (QED) is 0.626. The van der Waals surface area contributed by atoms with Crippen molar-refractivity contribution in [3.63, 3.8) is 0 Å². The third-order valence-electron chi connectivity index (χ3n) is 3.10. The van der Waals surface area contributed by atoms with Crippen LogP contribution in [-0.4, -0.2) is 18.3 Å². The summed E-state index contributed by atoms with van der Waals surface area (Å²) in [4.78, 5) is 23.1. The van der Waals surface area contributed by atoms with E-state index in [1.165, 1.54) is 6.92 Å². The Morgan fingerprint density at radius 2 is 1.68 bits per heavy atom. The first kappa shape index (κ1) is 15.8. The first-order valence-corrected chi connectivity index (χ1v) is 7.24. The molecule has 0 saturated heterocycles. The molecule has 0 aromatic heterocycles. The van der Waals surface area contributed by atoms with Crippen LogP contribution in [0.25, 0.3) is 0 Å². The van der Waals surface area contributed by atoms with Crippen LogP contribution in [0.5, 0.6) is 5.75 Å². The molecule has 114 valence electrons. The zero-order valence-electron chi connectivity index (χ0n) is 12.5. The van der Waals surface area contributed by atoms with Crippen molar-refractivity contribution in [2.24, 2.45) is 0 Å². The molecule has 0 saturated carbocycles. The Morgan fingerprint density at radius 3 is 2.41 bits per heavy atom. The lowest BCUT2D eigenvalue weighted by molar-refractivity contribution is -0.114. The van der Waals surface area contributed by atoms with E-state index in [4.69, 9.17) is 4.74 Å². The second-order valence-electron chi connectivity index (χ2n) is 4.92. The lowest BCUT2D eigenvalue weighted by Crippen LogP contribution is -2.09. The molecule has 0 radical (unpaired) electrons. The number of rotatable bonds is 7. The summed E-state index contributed by atoms with van der Waals surface area (Å²) in [6, 6.07) is 16.5. The predicted octanol–water partition coefficient (Wildman–Crippen LogP) is 3.69. The number of carbonyl (C=O) groups is 2. The van der Waals surface area contributed by atoms with E-state index in [-0.39, 0.29) is 11.7 Å². The summed E-state index contributed by atoms with van der Waals surface area (Å²) in [5, 5.41) is 2.72. The highest BCUT2D eigenvalue weighted by Gasteiger charge is 2.07. The van der Waals surface area contributed by atoms with Crippen LogP contribution in [0.1, 0.15) is 30.1 Å². The normalized spacial score (nSPS) is 10.0. The van der Waals surface area contributed by atoms with Gasteiger partial charge in [-0.1, -0.05) is 42.5 Å². The Bertz CT molecular complexity index is 638. The Morgan fingerprint density at radius 1 is 1.00 bits per heavy atom. The molecule has 0 fully saturated rings.